The first-order chi connectivity index (χ1) is 20.9. The van der Waals surface area contributed by atoms with E-state index in [1.807, 2.05) is 0 Å². The number of ether oxygens (including phenoxy) is 1. The highest BCUT2D eigenvalue weighted by molar-refractivity contribution is 5.93. The van der Waals surface area contributed by atoms with Crippen LogP contribution in [0.15, 0.2) is 40.3 Å². The van der Waals surface area contributed by atoms with Gasteiger partial charge in [0.05, 0.1) is 12.6 Å². The number of rotatable bonds is 21. The molecular formula is C28H49N11O5. The number of carbonyl (C=O) groups is 4. The van der Waals surface area contributed by atoms with Crippen molar-refractivity contribution in [3.05, 3.63) is 30.3 Å². The van der Waals surface area contributed by atoms with Crippen molar-refractivity contribution in [3.8, 4) is 5.75 Å². The number of amides is 3. The van der Waals surface area contributed by atoms with Crippen molar-refractivity contribution in [2.24, 2.45) is 44.6 Å². The van der Waals surface area contributed by atoms with Crippen molar-refractivity contribution < 1.29 is 23.9 Å². The molecule has 0 aliphatic rings. The Hall–Kier alpha value is -4.44. The number of nitrogens with zero attached hydrogens (tertiary/aromatic N) is 2. The van der Waals surface area contributed by atoms with Crippen LogP contribution in [0, 0.1) is 5.92 Å². The van der Waals surface area contributed by atoms with Crippen LogP contribution in [0.5, 0.6) is 5.75 Å². The lowest BCUT2D eigenvalue weighted by molar-refractivity contribution is -0.135. The molecular weight excluding hydrogens is 570 g/mol. The van der Waals surface area contributed by atoms with Gasteiger partial charge in [0.15, 0.2) is 11.9 Å². The molecule has 44 heavy (non-hydrogen) atoms. The van der Waals surface area contributed by atoms with Gasteiger partial charge in [0.1, 0.15) is 17.8 Å². The van der Waals surface area contributed by atoms with Gasteiger partial charge in [-0.15, -0.1) is 0 Å². The smallest absolute Gasteiger partial charge is 0.325 e. The number of carbonyl (C=O) groups excluding carboxylic acids is 4. The van der Waals surface area contributed by atoms with E-state index in [-0.39, 0.29) is 56.2 Å². The predicted octanol–water partition coefficient (Wildman–Crippen LogP) is -2.25. The lowest BCUT2D eigenvalue weighted by Crippen LogP contribution is -2.58. The van der Waals surface area contributed by atoms with Gasteiger partial charge in [0.2, 0.25) is 17.7 Å². The summed E-state index contributed by atoms with van der Waals surface area (Å²) < 4.78 is 5.29. The highest BCUT2D eigenvalue weighted by Gasteiger charge is 2.31. The Kier molecular flexibility index (Phi) is 18.2. The molecule has 1 rings (SSSR count). The zero-order chi connectivity index (χ0) is 32.9. The van der Waals surface area contributed by atoms with Gasteiger partial charge < -0.3 is 49.4 Å². The number of esters is 1. The van der Waals surface area contributed by atoms with Gasteiger partial charge in [-0.3, -0.25) is 34.5 Å². The fourth-order valence-corrected chi connectivity index (χ4v) is 3.95. The minimum atomic E-state index is -0.988. The summed E-state index contributed by atoms with van der Waals surface area (Å²) in [5, 5.41) is 11.2. The Bertz CT molecular complexity index is 1090. The molecule has 14 N–H and O–H groups in total. The summed E-state index contributed by atoms with van der Waals surface area (Å²) in [5.74, 6) is -2.18. The van der Waals surface area contributed by atoms with E-state index in [9.17, 15) is 19.2 Å². The van der Waals surface area contributed by atoms with E-state index in [4.69, 9.17) is 33.4 Å². The first-order valence-electron chi connectivity index (χ1n) is 14.6. The van der Waals surface area contributed by atoms with Crippen molar-refractivity contribution in [3.63, 3.8) is 0 Å². The number of guanidine groups is 2. The second-order valence-corrected chi connectivity index (χ2v) is 10.3. The zero-order valence-electron chi connectivity index (χ0n) is 25.6. The van der Waals surface area contributed by atoms with Gasteiger partial charge in [-0.25, -0.2) is 0 Å². The molecule has 0 saturated carbocycles. The summed E-state index contributed by atoms with van der Waals surface area (Å²) in [6.07, 6.45) is 1.92. The maximum Gasteiger partial charge on any atom is 0.325 e. The summed E-state index contributed by atoms with van der Waals surface area (Å²) >= 11 is 0. The SMILES string of the molecule is CC(C)[C@H](NC(=O)[C@H](CCCN=C(N)N)NCC(=O)Oc1ccccc1)C(=O)N[C@@H](CCCN=C(N)N)C(=O)NCCCN. The first-order valence-corrected chi connectivity index (χ1v) is 14.6. The summed E-state index contributed by atoms with van der Waals surface area (Å²) in [7, 11) is 0. The van der Waals surface area contributed by atoms with Crippen LogP contribution in [-0.4, -0.2) is 86.5 Å². The maximum atomic E-state index is 13.4. The van der Waals surface area contributed by atoms with Crippen LogP contribution in [0.4, 0.5) is 0 Å². The third-order valence-corrected chi connectivity index (χ3v) is 6.23. The molecule has 0 aliphatic carbocycles. The molecule has 1 aromatic carbocycles. The average Bonchev–Trinajstić information content (AvgIpc) is 2.96. The summed E-state index contributed by atoms with van der Waals surface area (Å²) in [6.45, 7) is 4.53. The van der Waals surface area contributed by atoms with Gasteiger partial charge in [0, 0.05) is 19.6 Å². The molecule has 1 aromatic rings. The molecule has 0 bridgehead atoms. The van der Waals surface area contributed by atoms with Crippen molar-refractivity contribution in [2.45, 2.75) is 64.1 Å². The molecule has 0 radical (unpaired) electrons. The molecule has 0 aliphatic heterocycles. The number of para-hydroxylation sites is 1. The quantitative estimate of drug-likeness (QED) is 0.0233. The van der Waals surface area contributed by atoms with Gasteiger partial charge in [-0.2, -0.15) is 0 Å². The molecule has 3 atom stereocenters. The monoisotopic (exact) mass is 619 g/mol. The summed E-state index contributed by atoms with van der Waals surface area (Å²) in [6, 6.07) is 5.75. The van der Waals surface area contributed by atoms with E-state index in [0.29, 0.717) is 38.1 Å². The number of aliphatic imine (C=N–C) groups is 2. The van der Waals surface area contributed by atoms with Crippen LogP contribution in [0.25, 0.3) is 0 Å². The number of nitrogens with two attached hydrogens (primary N) is 5. The van der Waals surface area contributed by atoms with Crippen LogP contribution in [-0.2, 0) is 19.2 Å². The van der Waals surface area contributed by atoms with E-state index in [2.05, 4.69) is 31.3 Å². The molecule has 16 nitrogen and oxygen atoms in total. The largest absolute Gasteiger partial charge is 0.426 e. The Morgan fingerprint density at radius 1 is 0.795 bits per heavy atom. The van der Waals surface area contributed by atoms with Crippen molar-refractivity contribution in [1.82, 2.24) is 21.3 Å². The molecule has 3 amide bonds. The van der Waals surface area contributed by atoms with E-state index < -0.39 is 35.9 Å². The van der Waals surface area contributed by atoms with E-state index in [1.54, 1.807) is 44.2 Å². The second-order valence-electron chi connectivity index (χ2n) is 10.3. The number of hydrogen-bond donors (Lipinski definition) is 9. The second kappa shape index (κ2) is 21.3. The molecule has 0 spiro atoms. The average molecular weight is 620 g/mol. The number of benzene rings is 1. The fraction of sp³-hybridized carbons (Fsp3) is 0.571. The molecule has 0 fully saturated rings. The third-order valence-electron chi connectivity index (χ3n) is 6.23. The van der Waals surface area contributed by atoms with E-state index >= 15 is 0 Å². The number of hydrogen-bond acceptors (Lipinski definition) is 9. The third kappa shape index (κ3) is 16.3. The molecule has 0 heterocycles. The van der Waals surface area contributed by atoms with Crippen LogP contribution in [0.3, 0.4) is 0 Å². The van der Waals surface area contributed by atoms with Gasteiger partial charge >= 0.3 is 5.97 Å². The Morgan fingerprint density at radius 3 is 1.93 bits per heavy atom. The highest BCUT2D eigenvalue weighted by Crippen LogP contribution is 2.10. The summed E-state index contributed by atoms with van der Waals surface area (Å²) in [5.41, 5.74) is 27.1. The molecule has 16 heteroatoms. The summed E-state index contributed by atoms with van der Waals surface area (Å²) in [4.78, 5) is 59.9. The highest BCUT2D eigenvalue weighted by atomic mass is 16.5. The Labute approximate surface area is 258 Å². The molecule has 0 unspecified atom stereocenters. The Balaban J connectivity index is 2.97. The molecule has 0 aromatic heterocycles. The number of nitrogens with one attached hydrogen (secondary N) is 4. The van der Waals surface area contributed by atoms with Gasteiger partial charge in [0.25, 0.3) is 0 Å². The van der Waals surface area contributed by atoms with Gasteiger partial charge in [-0.1, -0.05) is 32.0 Å². The fourth-order valence-electron chi connectivity index (χ4n) is 3.95. The first kappa shape index (κ1) is 37.6. The van der Waals surface area contributed by atoms with Crippen molar-refractivity contribution in [2.75, 3.05) is 32.7 Å². The van der Waals surface area contributed by atoms with Crippen molar-refractivity contribution in [1.29, 1.82) is 0 Å². The maximum absolute atomic E-state index is 13.4. The van der Waals surface area contributed by atoms with E-state index in [1.165, 1.54) is 0 Å². The minimum absolute atomic E-state index is 0.0737. The predicted molar refractivity (Wildman–Crippen MR) is 169 cm³/mol. The lowest BCUT2D eigenvalue weighted by Gasteiger charge is -2.27. The van der Waals surface area contributed by atoms with E-state index in [0.717, 1.165) is 0 Å². The Morgan fingerprint density at radius 2 is 1.39 bits per heavy atom. The van der Waals surface area contributed by atoms with Crippen LogP contribution in [0.2, 0.25) is 0 Å². The van der Waals surface area contributed by atoms with Crippen molar-refractivity contribution >= 4 is 35.6 Å². The van der Waals surface area contributed by atoms with Crippen LogP contribution >= 0.6 is 0 Å². The normalized spacial score (nSPS) is 12.7. The lowest BCUT2D eigenvalue weighted by atomic mass is 10.0. The van der Waals surface area contributed by atoms with Crippen LogP contribution < -0.4 is 54.7 Å². The zero-order valence-corrected chi connectivity index (χ0v) is 25.6. The molecule has 246 valence electrons. The van der Waals surface area contributed by atoms with Crippen LogP contribution in [0.1, 0.15) is 46.0 Å². The van der Waals surface area contributed by atoms with Gasteiger partial charge in [-0.05, 0) is 56.7 Å². The minimum Gasteiger partial charge on any atom is -0.426 e. The molecule has 0 saturated heterocycles. The standard InChI is InChI=1S/C28H49N11O5/c1-18(2)23(26(43)38-21(12-7-15-36-28(32)33)24(41)34-16-8-13-29)39-25(42)20(11-6-14-35-27(30)31)37-17-22(40)44-19-9-4-3-5-10-19/h3-5,9-10,18,20-21,23,37H,6-8,11-17,29H2,1-2H3,(H,34,41)(H,38,43)(H,39,42)(H4,30,31,35)(H4,32,33,36)/t20-,21-,23-/m0/s1. The topological polar surface area (TPSA) is 280 Å².